The highest BCUT2D eigenvalue weighted by atomic mass is 16.5. The standard InChI is InChI=1S/C21H24N2O5/c1-2-17(20(25)26)22-19(24)18(13-15-9-5-3-6-10-15)23-21(27)28-14-16-11-7-4-8-12-16/h3-12,17-18H,2,13-14H2,1H3,(H,22,24)(H,23,27)(H,25,26)/t17-,18-/m1/s1. The van der Waals surface area contributed by atoms with Crippen molar-refractivity contribution in [3.05, 3.63) is 71.8 Å². The zero-order chi connectivity index (χ0) is 20.4. The molecule has 0 aliphatic carbocycles. The Hall–Kier alpha value is -3.35. The molecule has 0 saturated carbocycles. The maximum atomic E-state index is 12.6. The molecule has 0 bridgehead atoms. The van der Waals surface area contributed by atoms with Crippen molar-refractivity contribution in [2.75, 3.05) is 0 Å². The minimum Gasteiger partial charge on any atom is -0.480 e. The summed E-state index contributed by atoms with van der Waals surface area (Å²) < 4.78 is 5.18. The van der Waals surface area contributed by atoms with Crippen molar-refractivity contribution in [3.63, 3.8) is 0 Å². The number of hydrogen-bond acceptors (Lipinski definition) is 4. The van der Waals surface area contributed by atoms with Crippen LogP contribution in [-0.4, -0.2) is 35.2 Å². The number of rotatable bonds is 9. The average Bonchev–Trinajstić information content (AvgIpc) is 2.71. The van der Waals surface area contributed by atoms with Gasteiger partial charge in [0.1, 0.15) is 18.7 Å². The molecule has 28 heavy (non-hydrogen) atoms. The Labute approximate surface area is 163 Å². The van der Waals surface area contributed by atoms with Crippen LogP contribution in [0.15, 0.2) is 60.7 Å². The zero-order valence-electron chi connectivity index (χ0n) is 15.6. The van der Waals surface area contributed by atoms with E-state index in [1.165, 1.54) is 0 Å². The van der Waals surface area contributed by atoms with Gasteiger partial charge < -0.3 is 20.5 Å². The molecule has 148 valence electrons. The highest BCUT2D eigenvalue weighted by molar-refractivity contribution is 5.89. The van der Waals surface area contributed by atoms with Gasteiger partial charge >= 0.3 is 12.1 Å². The molecule has 2 amide bonds. The van der Waals surface area contributed by atoms with E-state index >= 15 is 0 Å². The van der Waals surface area contributed by atoms with Gasteiger partial charge in [0.05, 0.1) is 0 Å². The van der Waals surface area contributed by atoms with Crippen molar-refractivity contribution in [2.45, 2.75) is 38.5 Å². The SMILES string of the molecule is CC[C@@H](NC(=O)[C@@H](Cc1ccccc1)NC(=O)OCc1ccccc1)C(=O)O. The lowest BCUT2D eigenvalue weighted by Crippen LogP contribution is -2.52. The summed E-state index contributed by atoms with van der Waals surface area (Å²) in [6.07, 6.45) is -0.302. The van der Waals surface area contributed by atoms with E-state index in [1.807, 2.05) is 60.7 Å². The number of aliphatic carboxylic acids is 1. The van der Waals surface area contributed by atoms with Crippen molar-refractivity contribution in [2.24, 2.45) is 0 Å². The monoisotopic (exact) mass is 384 g/mol. The van der Waals surface area contributed by atoms with Gasteiger partial charge in [0, 0.05) is 6.42 Å². The highest BCUT2D eigenvalue weighted by Crippen LogP contribution is 2.06. The van der Waals surface area contributed by atoms with Crippen LogP contribution in [-0.2, 0) is 27.4 Å². The van der Waals surface area contributed by atoms with Crippen LogP contribution in [0.3, 0.4) is 0 Å². The summed E-state index contributed by atoms with van der Waals surface area (Å²) in [5, 5.41) is 14.2. The normalized spacial score (nSPS) is 12.5. The quantitative estimate of drug-likeness (QED) is 0.616. The molecule has 3 N–H and O–H groups in total. The van der Waals surface area contributed by atoms with Gasteiger partial charge in [0.25, 0.3) is 0 Å². The van der Waals surface area contributed by atoms with Crippen LogP contribution >= 0.6 is 0 Å². The summed E-state index contributed by atoms with van der Waals surface area (Å²) in [6.45, 7) is 1.73. The summed E-state index contributed by atoms with van der Waals surface area (Å²) in [6, 6.07) is 16.3. The number of carbonyl (C=O) groups is 3. The fourth-order valence-electron chi connectivity index (χ4n) is 2.58. The summed E-state index contributed by atoms with van der Waals surface area (Å²) in [5.41, 5.74) is 1.65. The number of carbonyl (C=O) groups excluding carboxylic acids is 2. The van der Waals surface area contributed by atoms with Gasteiger partial charge in [0.15, 0.2) is 0 Å². The number of carboxylic acid groups (broad SMARTS) is 1. The molecule has 2 atom stereocenters. The first kappa shape index (κ1) is 21.0. The lowest BCUT2D eigenvalue weighted by atomic mass is 10.0. The number of alkyl carbamates (subject to hydrolysis) is 1. The zero-order valence-corrected chi connectivity index (χ0v) is 15.6. The largest absolute Gasteiger partial charge is 0.480 e. The predicted octanol–water partition coefficient (Wildman–Crippen LogP) is 2.50. The molecule has 0 heterocycles. The lowest BCUT2D eigenvalue weighted by molar-refractivity contribution is -0.142. The second-order valence-electron chi connectivity index (χ2n) is 6.26. The second-order valence-corrected chi connectivity index (χ2v) is 6.26. The van der Waals surface area contributed by atoms with Crippen LogP contribution in [0.25, 0.3) is 0 Å². The first-order valence-electron chi connectivity index (χ1n) is 9.04. The third-order valence-corrected chi connectivity index (χ3v) is 4.13. The van der Waals surface area contributed by atoms with Crippen LogP contribution < -0.4 is 10.6 Å². The van der Waals surface area contributed by atoms with Gasteiger partial charge in [-0.3, -0.25) is 4.79 Å². The van der Waals surface area contributed by atoms with E-state index in [0.29, 0.717) is 0 Å². The third-order valence-electron chi connectivity index (χ3n) is 4.13. The molecule has 2 aromatic carbocycles. The Morgan fingerprint density at radius 1 is 0.893 bits per heavy atom. The average molecular weight is 384 g/mol. The number of nitrogens with one attached hydrogen (secondary N) is 2. The minimum atomic E-state index is -1.12. The van der Waals surface area contributed by atoms with E-state index in [-0.39, 0.29) is 19.4 Å². The van der Waals surface area contributed by atoms with Crippen molar-refractivity contribution in [1.82, 2.24) is 10.6 Å². The van der Waals surface area contributed by atoms with Crippen molar-refractivity contribution in [3.8, 4) is 0 Å². The Balaban J connectivity index is 2.03. The number of benzene rings is 2. The molecule has 0 radical (unpaired) electrons. The minimum absolute atomic E-state index is 0.0685. The Morgan fingerprint density at radius 2 is 1.46 bits per heavy atom. The Morgan fingerprint density at radius 3 is 2.00 bits per heavy atom. The second kappa shape index (κ2) is 10.7. The third kappa shape index (κ3) is 6.75. The van der Waals surface area contributed by atoms with Crippen LogP contribution in [0.5, 0.6) is 0 Å². The van der Waals surface area contributed by atoms with E-state index in [4.69, 9.17) is 9.84 Å². The number of carboxylic acids is 1. The van der Waals surface area contributed by atoms with Gasteiger partial charge in [0.2, 0.25) is 5.91 Å². The predicted molar refractivity (Wildman–Crippen MR) is 104 cm³/mol. The lowest BCUT2D eigenvalue weighted by Gasteiger charge is -2.21. The van der Waals surface area contributed by atoms with Gasteiger partial charge in [-0.2, -0.15) is 0 Å². The van der Waals surface area contributed by atoms with E-state index in [9.17, 15) is 14.4 Å². The molecule has 0 aliphatic rings. The fraction of sp³-hybridized carbons (Fsp3) is 0.286. The van der Waals surface area contributed by atoms with E-state index < -0.39 is 30.1 Å². The number of hydrogen-bond donors (Lipinski definition) is 3. The summed E-state index contributed by atoms with van der Waals surface area (Å²) in [5.74, 6) is -1.70. The topological polar surface area (TPSA) is 105 Å². The van der Waals surface area contributed by atoms with E-state index in [0.717, 1.165) is 11.1 Å². The van der Waals surface area contributed by atoms with Crippen LogP contribution in [0.1, 0.15) is 24.5 Å². The molecule has 0 aliphatic heterocycles. The molecule has 7 heteroatoms. The molecular formula is C21H24N2O5. The first-order chi connectivity index (χ1) is 13.5. The van der Waals surface area contributed by atoms with Gasteiger partial charge in [-0.1, -0.05) is 67.6 Å². The Kier molecular flexibility index (Phi) is 8.02. The van der Waals surface area contributed by atoms with Crippen molar-refractivity contribution < 1.29 is 24.2 Å². The Bertz CT molecular complexity index is 780. The van der Waals surface area contributed by atoms with Crippen molar-refractivity contribution >= 4 is 18.0 Å². The molecular weight excluding hydrogens is 360 g/mol. The smallest absolute Gasteiger partial charge is 0.408 e. The van der Waals surface area contributed by atoms with Crippen LogP contribution in [0.4, 0.5) is 4.79 Å². The molecule has 0 saturated heterocycles. The van der Waals surface area contributed by atoms with E-state index in [2.05, 4.69) is 10.6 Å². The highest BCUT2D eigenvalue weighted by Gasteiger charge is 2.26. The van der Waals surface area contributed by atoms with Crippen LogP contribution in [0, 0.1) is 0 Å². The fourth-order valence-corrected chi connectivity index (χ4v) is 2.58. The van der Waals surface area contributed by atoms with E-state index in [1.54, 1.807) is 6.92 Å². The first-order valence-corrected chi connectivity index (χ1v) is 9.04. The number of ether oxygens (including phenoxy) is 1. The van der Waals surface area contributed by atoms with Gasteiger partial charge in [-0.25, -0.2) is 9.59 Å². The maximum absolute atomic E-state index is 12.6. The van der Waals surface area contributed by atoms with Gasteiger partial charge in [-0.05, 0) is 17.5 Å². The van der Waals surface area contributed by atoms with Crippen molar-refractivity contribution in [1.29, 1.82) is 0 Å². The molecule has 0 aromatic heterocycles. The number of amides is 2. The summed E-state index contributed by atoms with van der Waals surface area (Å²) in [7, 11) is 0. The molecule has 2 rings (SSSR count). The molecule has 7 nitrogen and oxygen atoms in total. The summed E-state index contributed by atoms with van der Waals surface area (Å²) in [4.78, 5) is 36.0. The summed E-state index contributed by atoms with van der Waals surface area (Å²) >= 11 is 0. The molecule has 0 unspecified atom stereocenters. The molecule has 0 fully saturated rings. The maximum Gasteiger partial charge on any atom is 0.408 e. The molecule has 2 aromatic rings. The van der Waals surface area contributed by atoms with Crippen LogP contribution in [0.2, 0.25) is 0 Å². The molecule has 0 spiro atoms. The van der Waals surface area contributed by atoms with Gasteiger partial charge in [-0.15, -0.1) is 0 Å².